The lowest BCUT2D eigenvalue weighted by Gasteiger charge is -2.12. The molecular formula is C10H12N2O2. The van der Waals surface area contributed by atoms with Crippen LogP contribution in [-0.2, 0) is 10.2 Å². The number of hydroxylamine groups is 1. The fourth-order valence-corrected chi connectivity index (χ4v) is 1.68. The molecule has 1 amide bonds. The van der Waals surface area contributed by atoms with Crippen molar-refractivity contribution in [3.05, 3.63) is 29.8 Å². The second-order valence-electron chi connectivity index (χ2n) is 3.65. The molecule has 4 heteroatoms. The molecule has 1 fully saturated rings. The van der Waals surface area contributed by atoms with E-state index in [-0.39, 0.29) is 5.91 Å². The summed E-state index contributed by atoms with van der Waals surface area (Å²) in [6.07, 6.45) is 1.56. The quantitative estimate of drug-likeness (QED) is 0.368. The molecule has 1 aromatic carbocycles. The van der Waals surface area contributed by atoms with Crippen LogP contribution in [0.4, 0.5) is 5.69 Å². The molecule has 1 aliphatic rings. The minimum Gasteiger partial charge on any atom is -0.399 e. The third-order valence-electron chi connectivity index (χ3n) is 2.75. The van der Waals surface area contributed by atoms with Crippen LogP contribution >= 0.6 is 0 Å². The first-order chi connectivity index (χ1) is 6.69. The Kier molecular flexibility index (Phi) is 1.93. The Morgan fingerprint density at radius 2 is 1.93 bits per heavy atom. The van der Waals surface area contributed by atoms with Gasteiger partial charge in [0.1, 0.15) is 0 Å². The summed E-state index contributed by atoms with van der Waals surface area (Å²) in [6.45, 7) is 0. The van der Waals surface area contributed by atoms with Crippen LogP contribution in [0.3, 0.4) is 0 Å². The van der Waals surface area contributed by atoms with Crippen molar-refractivity contribution in [1.29, 1.82) is 0 Å². The van der Waals surface area contributed by atoms with Gasteiger partial charge in [-0.05, 0) is 30.5 Å². The minimum atomic E-state index is -0.511. The number of hydrogen-bond donors (Lipinski definition) is 3. The molecule has 2 rings (SSSR count). The zero-order valence-electron chi connectivity index (χ0n) is 7.66. The molecule has 0 saturated heterocycles. The molecular weight excluding hydrogens is 180 g/mol. The molecule has 0 unspecified atom stereocenters. The van der Waals surface area contributed by atoms with Crippen molar-refractivity contribution in [2.75, 3.05) is 5.73 Å². The van der Waals surface area contributed by atoms with Crippen molar-refractivity contribution in [3.8, 4) is 0 Å². The van der Waals surface area contributed by atoms with E-state index in [1.54, 1.807) is 17.6 Å². The van der Waals surface area contributed by atoms with Crippen LogP contribution in [0.1, 0.15) is 18.4 Å². The molecule has 0 bridgehead atoms. The number of amides is 1. The highest BCUT2D eigenvalue weighted by Gasteiger charge is 2.51. The molecule has 74 valence electrons. The van der Waals surface area contributed by atoms with Crippen LogP contribution in [0.15, 0.2) is 24.3 Å². The number of nitrogen functional groups attached to an aromatic ring is 1. The highest BCUT2D eigenvalue weighted by molar-refractivity contribution is 5.90. The first-order valence-corrected chi connectivity index (χ1v) is 4.49. The van der Waals surface area contributed by atoms with Gasteiger partial charge in [0.15, 0.2) is 0 Å². The Hall–Kier alpha value is -1.55. The number of nitrogens with one attached hydrogen (secondary N) is 1. The number of nitrogens with two attached hydrogens (primary N) is 1. The molecule has 0 spiro atoms. The number of benzene rings is 1. The second kappa shape index (κ2) is 2.99. The van der Waals surface area contributed by atoms with Crippen LogP contribution < -0.4 is 11.2 Å². The van der Waals surface area contributed by atoms with E-state index in [9.17, 15) is 4.79 Å². The average Bonchev–Trinajstić information content (AvgIpc) is 2.99. The van der Waals surface area contributed by atoms with Crippen LogP contribution in [0.25, 0.3) is 0 Å². The minimum absolute atomic E-state index is 0.331. The molecule has 0 heterocycles. The summed E-state index contributed by atoms with van der Waals surface area (Å²) < 4.78 is 0. The van der Waals surface area contributed by atoms with Gasteiger partial charge in [-0.1, -0.05) is 12.1 Å². The van der Waals surface area contributed by atoms with Gasteiger partial charge in [0.25, 0.3) is 5.91 Å². The van der Waals surface area contributed by atoms with E-state index in [2.05, 4.69) is 0 Å². The van der Waals surface area contributed by atoms with Crippen LogP contribution in [-0.4, -0.2) is 11.1 Å². The smallest absolute Gasteiger partial charge is 0.253 e. The molecule has 0 atom stereocenters. The summed E-state index contributed by atoms with van der Waals surface area (Å²) in [5.74, 6) is -0.331. The van der Waals surface area contributed by atoms with E-state index in [4.69, 9.17) is 10.9 Å². The Labute approximate surface area is 81.7 Å². The lowest BCUT2D eigenvalue weighted by molar-refractivity contribution is -0.131. The number of rotatable bonds is 2. The molecule has 4 nitrogen and oxygen atoms in total. The number of anilines is 1. The molecule has 14 heavy (non-hydrogen) atoms. The maximum atomic E-state index is 11.4. The monoisotopic (exact) mass is 192 g/mol. The van der Waals surface area contributed by atoms with Gasteiger partial charge in [0, 0.05) is 5.69 Å². The van der Waals surface area contributed by atoms with Gasteiger partial charge in [0.05, 0.1) is 5.41 Å². The maximum Gasteiger partial charge on any atom is 0.253 e. The largest absolute Gasteiger partial charge is 0.399 e. The van der Waals surface area contributed by atoms with Crippen LogP contribution in [0.2, 0.25) is 0 Å². The Balaban J connectivity index is 2.31. The Morgan fingerprint density at radius 3 is 2.36 bits per heavy atom. The molecule has 0 radical (unpaired) electrons. The number of hydrogen-bond acceptors (Lipinski definition) is 3. The summed E-state index contributed by atoms with van der Waals surface area (Å²) >= 11 is 0. The van der Waals surface area contributed by atoms with Gasteiger partial charge in [-0.15, -0.1) is 0 Å². The summed E-state index contributed by atoms with van der Waals surface area (Å²) in [4.78, 5) is 11.4. The van der Waals surface area contributed by atoms with E-state index in [1.807, 2.05) is 12.1 Å². The fraction of sp³-hybridized carbons (Fsp3) is 0.300. The van der Waals surface area contributed by atoms with Crippen molar-refractivity contribution in [2.45, 2.75) is 18.3 Å². The van der Waals surface area contributed by atoms with Gasteiger partial charge >= 0.3 is 0 Å². The number of carbonyl (C=O) groups is 1. The third-order valence-corrected chi connectivity index (χ3v) is 2.75. The summed E-state index contributed by atoms with van der Waals surface area (Å²) in [5.41, 5.74) is 8.34. The molecule has 0 aliphatic heterocycles. The summed E-state index contributed by atoms with van der Waals surface area (Å²) in [6, 6.07) is 7.19. The topological polar surface area (TPSA) is 75.4 Å². The van der Waals surface area contributed by atoms with E-state index in [1.165, 1.54) is 0 Å². The van der Waals surface area contributed by atoms with Crippen molar-refractivity contribution < 1.29 is 10.0 Å². The van der Waals surface area contributed by atoms with Gasteiger partial charge in [-0.3, -0.25) is 10.0 Å². The Bertz CT molecular complexity index is 355. The van der Waals surface area contributed by atoms with Crippen molar-refractivity contribution in [3.63, 3.8) is 0 Å². The van der Waals surface area contributed by atoms with E-state index in [0.29, 0.717) is 5.69 Å². The SMILES string of the molecule is Nc1ccc(C2(C(=O)NO)CC2)cc1. The van der Waals surface area contributed by atoms with Gasteiger partial charge in [-0.25, -0.2) is 5.48 Å². The zero-order valence-corrected chi connectivity index (χ0v) is 7.66. The van der Waals surface area contributed by atoms with Crippen molar-refractivity contribution in [1.82, 2.24) is 5.48 Å². The molecule has 4 N–H and O–H groups in total. The van der Waals surface area contributed by atoms with Gasteiger partial charge < -0.3 is 5.73 Å². The highest BCUT2D eigenvalue weighted by atomic mass is 16.5. The van der Waals surface area contributed by atoms with Gasteiger partial charge in [0.2, 0.25) is 0 Å². The van der Waals surface area contributed by atoms with Crippen molar-refractivity contribution in [2.24, 2.45) is 0 Å². The zero-order chi connectivity index (χ0) is 10.2. The maximum absolute atomic E-state index is 11.4. The molecule has 1 aliphatic carbocycles. The predicted molar refractivity (Wildman–Crippen MR) is 51.7 cm³/mol. The van der Waals surface area contributed by atoms with E-state index >= 15 is 0 Å². The molecule has 0 aromatic heterocycles. The second-order valence-corrected chi connectivity index (χ2v) is 3.65. The Morgan fingerprint density at radius 1 is 1.36 bits per heavy atom. The lowest BCUT2D eigenvalue weighted by atomic mass is 9.95. The van der Waals surface area contributed by atoms with E-state index in [0.717, 1.165) is 18.4 Å². The standard InChI is InChI=1S/C10H12N2O2/c11-8-3-1-7(2-4-8)10(5-6-10)9(13)12-14/h1-4,14H,5-6,11H2,(H,12,13). The number of carbonyl (C=O) groups excluding carboxylic acids is 1. The van der Waals surface area contributed by atoms with Crippen molar-refractivity contribution >= 4 is 11.6 Å². The van der Waals surface area contributed by atoms with Crippen LogP contribution in [0.5, 0.6) is 0 Å². The highest BCUT2D eigenvalue weighted by Crippen LogP contribution is 2.48. The fourth-order valence-electron chi connectivity index (χ4n) is 1.68. The first kappa shape index (κ1) is 9.02. The van der Waals surface area contributed by atoms with Gasteiger partial charge in [-0.2, -0.15) is 0 Å². The normalized spacial score (nSPS) is 17.5. The molecule has 1 aromatic rings. The molecule has 1 saturated carbocycles. The first-order valence-electron chi connectivity index (χ1n) is 4.49. The third kappa shape index (κ3) is 1.24. The van der Waals surface area contributed by atoms with E-state index < -0.39 is 5.41 Å². The summed E-state index contributed by atoms with van der Waals surface area (Å²) in [7, 11) is 0. The average molecular weight is 192 g/mol. The lowest BCUT2D eigenvalue weighted by Crippen LogP contribution is -2.32. The van der Waals surface area contributed by atoms with Crippen LogP contribution in [0, 0.1) is 0 Å². The summed E-state index contributed by atoms with van der Waals surface area (Å²) in [5, 5.41) is 8.60. The predicted octanol–water partition coefficient (Wildman–Crippen LogP) is 0.806.